The summed E-state index contributed by atoms with van der Waals surface area (Å²) in [5, 5.41) is -5.83. The third-order valence-corrected chi connectivity index (χ3v) is 5.10. The molecule has 5 nitrogen and oxygen atoms in total. The molecule has 0 radical (unpaired) electrons. The van der Waals surface area contributed by atoms with Crippen molar-refractivity contribution >= 4 is 20.0 Å². The third kappa shape index (κ3) is 1.42. The first kappa shape index (κ1) is 12.6. The molecule has 1 saturated heterocycles. The molecule has 12 heteroatoms. The highest BCUT2D eigenvalue weighted by Crippen LogP contribution is 2.46. The fourth-order valence-electron chi connectivity index (χ4n) is 0.754. The Kier molecular flexibility index (Phi) is 2.34. The van der Waals surface area contributed by atoms with E-state index in [0.717, 1.165) is 0 Å². The number of alkyl halides is 5. The fourth-order valence-corrected chi connectivity index (χ4v) is 3.81. The predicted octanol–water partition coefficient (Wildman–Crippen LogP) is -0.227. The molecular formula is C3H2F5NO4S2. The molecule has 0 aromatic rings. The highest BCUT2D eigenvalue weighted by Gasteiger charge is 2.77. The van der Waals surface area contributed by atoms with E-state index >= 15 is 0 Å². The van der Waals surface area contributed by atoms with Gasteiger partial charge in [0.05, 0.1) is 0 Å². The second-order valence-electron chi connectivity index (χ2n) is 2.59. The van der Waals surface area contributed by atoms with Gasteiger partial charge in [0.1, 0.15) is 0 Å². The maximum atomic E-state index is 12.4. The molecule has 0 aromatic heterocycles. The van der Waals surface area contributed by atoms with Crippen molar-refractivity contribution in [3.05, 3.63) is 0 Å². The minimum Gasteiger partial charge on any atom is -0.221 e. The van der Waals surface area contributed by atoms with Crippen molar-refractivity contribution < 1.29 is 38.8 Å². The number of halogens is 5. The smallest absolute Gasteiger partial charge is 0.221 e. The molecule has 1 aliphatic heterocycles. The van der Waals surface area contributed by atoms with Gasteiger partial charge in [0.25, 0.3) is 25.6 Å². The maximum Gasteiger partial charge on any atom is 0.425 e. The monoisotopic (exact) mass is 275 g/mol. The average molecular weight is 275 g/mol. The lowest BCUT2D eigenvalue weighted by atomic mass is 10.4. The molecule has 15 heavy (non-hydrogen) atoms. The van der Waals surface area contributed by atoms with Gasteiger partial charge in [-0.1, -0.05) is 0 Å². The Morgan fingerprint density at radius 2 is 1.40 bits per heavy atom. The van der Waals surface area contributed by atoms with Crippen molar-refractivity contribution in [2.45, 2.75) is 16.7 Å². The second-order valence-corrected chi connectivity index (χ2v) is 6.28. The van der Waals surface area contributed by atoms with Crippen molar-refractivity contribution in [1.29, 1.82) is 0 Å². The van der Waals surface area contributed by atoms with Crippen LogP contribution < -0.4 is 4.13 Å². The molecule has 1 N–H and O–H groups in total. The van der Waals surface area contributed by atoms with Crippen LogP contribution in [0.5, 0.6) is 0 Å². The minimum absolute atomic E-state index is 0.167. The van der Waals surface area contributed by atoms with Gasteiger partial charge in [-0.25, -0.2) is 21.2 Å². The van der Waals surface area contributed by atoms with Crippen LogP contribution in [0.1, 0.15) is 0 Å². The van der Waals surface area contributed by atoms with E-state index in [1.165, 1.54) is 0 Å². The van der Waals surface area contributed by atoms with Gasteiger partial charge in [-0.15, -0.1) is 4.13 Å². The van der Waals surface area contributed by atoms with Crippen molar-refractivity contribution in [2.75, 3.05) is 0 Å². The summed E-state index contributed by atoms with van der Waals surface area (Å²) >= 11 is 0. The molecule has 1 heterocycles. The van der Waals surface area contributed by atoms with Gasteiger partial charge in [-0.3, -0.25) is 0 Å². The Labute approximate surface area is 80.4 Å². The standard InChI is InChI=1S/C3H2F5NO4S2/c4-1-2(5,6)3(7,8)15(12,13)9-14(1,10)11/h1,9H. The van der Waals surface area contributed by atoms with E-state index in [1.54, 1.807) is 0 Å². The van der Waals surface area contributed by atoms with Crippen LogP contribution in [0.3, 0.4) is 0 Å². The van der Waals surface area contributed by atoms with E-state index in [0.29, 0.717) is 0 Å². The molecule has 1 atom stereocenters. The summed E-state index contributed by atoms with van der Waals surface area (Å²) in [5.74, 6) is -5.84. The highest BCUT2D eigenvalue weighted by molar-refractivity contribution is 8.06. The van der Waals surface area contributed by atoms with Crippen LogP contribution in [0.4, 0.5) is 22.0 Å². The van der Waals surface area contributed by atoms with Crippen LogP contribution >= 0.6 is 0 Å². The lowest BCUT2D eigenvalue weighted by Gasteiger charge is -2.32. The Hall–Kier alpha value is -0.490. The van der Waals surface area contributed by atoms with E-state index in [1.807, 2.05) is 0 Å². The summed E-state index contributed by atoms with van der Waals surface area (Å²) in [7, 11) is -11.9. The van der Waals surface area contributed by atoms with E-state index < -0.39 is 36.7 Å². The Bertz CT molecular complexity index is 480. The van der Waals surface area contributed by atoms with Crippen LogP contribution in [-0.2, 0) is 20.0 Å². The van der Waals surface area contributed by atoms with Crippen LogP contribution in [0, 0.1) is 0 Å². The van der Waals surface area contributed by atoms with Gasteiger partial charge < -0.3 is 0 Å². The SMILES string of the molecule is O=S1(=O)NS(=O)(=O)C(F)(F)C(F)(F)C1F. The first-order valence-electron chi connectivity index (χ1n) is 3.03. The molecule has 0 amide bonds. The molecule has 1 aliphatic rings. The van der Waals surface area contributed by atoms with Gasteiger partial charge in [-0.05, 0) is 0 Å². The predicted molar refractivity (Wildman–Crippen MR) is 35.8 cm³/mol. The highest BCUT2D eigenvalue weighted by atomic mass is 32.3. The van der Waals surface area contributed by atoms with Crippen LogP contribution in [0.2, 0.25) is 0 Å². The van der Waals surface area contributed by atoms with E-state index in [2.05, 4.69) is 0 Å². The summed E-state index contributed by atoms with van der Waals surface area (Å²) in [6.07, 6.45) is 0. The van der Waals surface area contributed by atoms with Crippen molar-refractivity contribution in [2.24, 2.45) is 0 Å². The van der Waals surface area contributed by atoms with Crippen molar-refractivity contribution in [3.8, 4) is 0 Å². The molecule has 0 saturated carbocycles. The minimum atomic E-state index is -6.17. The van der Waals surface area contributed by atoms with E-state index in [9.17, 15) is 38.8 Å². The van der Waals surface area contributed by atoms with Crippen LogP contribution in [0.15, 0.2) is 0 Å². The second kappa shape index (κ2) is 2.79. The van der Waals surface area contributed by atoms with Crippen molar-refractivity contribution in [1.82, 2.24) is 4.13 Å². The average Bonchev–Trinajstić information content (AvgIpc) is 1.98. The molecule has 0 bridgehead atoms. The topological polar surface area (TPSA) is 80.3 Å². The van der Waals surface area contributed by atoms with Gasteiger partial charge in [-0.2, -0.15) is 17.6 Å². The number of sulfonamides is 2. The lowest BCUT2D eigenvalue weighted by molar-refractivity contribution is -0.178. The molecule has 0 spiro atoms. The zero-order valence-corrected chi connectivity index (χ0v) is 8.05. The number of rotatable bonds is 0. The Balaban J connectivity index is 3.55. The summed E-state index contributed by atoms with van der Waals surface area (Å²) < 4.78 is 104. The lowest BCUT2D eigenvalue weighted by Crippen LogP contribution is -2.65. The summed E-state index contributed by atoms with van der Waals surface area (Å²) in [5.41, 5.74) is -4.33. The van der Waals surface area contributed by atoms with Gasteiger partial charge in [0.15, 0.2) is 0 Å². The largest absolute Gasteiger partial charge is 0.425 e. The molecule has 0 aliphatic carbocycles. The Morgan fingerprint density at radius 1 is 1.00 bits per heavy atom. The van der Waals surface area contributed by atoms with E-state index in [-0.39, 0.29) is 4.13 Å². The molecular weight excluding hydrogens is 273 g/mol. The van der Waals surface area contributed by atoms with Gasteiger partial charge in [0.2, 0.25) is 0 Å². The first-order chi connectivity index (χ1) is 6.36. The molecule has 90 valence electrons. The van der Waals surface area contributed by atoms with E-state index in [4.69, 9.17) is 0 Å². The summed E-state index contributed by atoms with van der Waals surface area (Å²) in [6, 6.07) is 0. The molecule has 0 aromatic carbocycles. The molecule has 1 rings (SSSR count). The molecule has 1 unspecified atom stereocenters. The van der Waals surface area contributed by atoms with Crippen LogP contribution in [0.25, 0.3) is 0 Å². The number of nitrogens with one attached hydrogen (secondary N) is 1. The quantitative estimate of drug-likeness (QED) is 0.619. The van der Waals surface area contributed by atoms with Crippen LogP contribution in [-0.4, -0.2) is 33.5 Å². The first-order valence-corrected chi connectivity index (χ1v) is 6.06. The normalized spacial score (nSPS) is 35.9. The van der Waals surface area contributed by atoms with Gasteiger partial charge >= 0.3 is 11.2 Å². The van der Waals surface area contributed by atoms with Crippen molar-refractivity contribution in [3.63, 3.8) is 0 Å². The number of hydrogen-bond acceptors (Lipinski definition) is 4. The number of hydrogen-bond donors (Lipinski definition) is 1. The maximum absolute atomic E-state index is 12.4. The Morgan fingerprint density at radius 3 is 1.80 bits per heavy atom. The third-order valence-electron chi connectivity index (χ3n) is 1.51. The molecule has 1 fully saturated rings. The fraction of sp³-hybridized carbons (Fsp3) is 1.00. The summed E-state index contributed by atoms with van der Waals surface area (Å²) in [6.45, 7) is 0. The zero-order chi connectivity index (χ0) is 12.3. The zero-order valence-electron chi connectivity index (χ0n) is 6.42. The van der Waals surface area contributed by atoms with Gasteiger partial charge in [0, 0.05) is 0 Å². The summed E-state index contributed by atoms with van der Waals surface area (Å²) in [4.78, 5) is 0.